The summed E-state index contributed by atoms with van der Waals surface area (Å²) in [4.78, 5) is 6.74. The van der Waals surface area contributed by atoms with Gasteiger partial charge in [0.05, 0.1) is 12.0 Å². The van der Waals surface area contributed by atoms with Gasteiger partial charge < -0.3 is 4.90 Å². The molecule has 0 unspecified atom stereocenters. The van der Waals surface area contributed by atoms with E-state index in [0.29, 0.717) is 5.92 Å². The monoisotopic (exact) mass is 398 g/mol. The van der Waals surface area contributed by atoms with Crippen LogP contribution in [-0.2, 0) is 6.42 Å². The van der Waals surface area contributed by atoms with Crippen molar-refractivity contribution >= 4 is 12.0 Å². The smallest absolute Gasteiger partial charge is 0.0909 e. The van der Waals surface area contributed by atoms with Crippen molar-refractivity contribution in [2.45, 2.75) is 47.0 Å². The molecule has 3 aromatic rings. The van der Waals surface area contributed by atoms with Gasteiger partial charge in [-0.05, 0) is 78.1 Å². The largest absolute Gasteiger partial charge is 0.366 e. The van der Waals surface area contributed by atoms with Crippen LogP contribution in [0.15, 0.2) is 65.7 Å². The van der Waals surface area contributed by atoms with Crippen LogP contribution in [0.5, 0.6) is 0 Å². The fourth-order valence-electron chi connectivity index (χ4n) is 3.72. The number of nitrogens with zero attached hydrogens (tertiary/aromatic N) is 2. The van der Waals surface area contributed by atoms with Crippen LogP contribution in [0.4, 0.5) is 5.69 Å². The molecule has 0 fully saturated rings. The highest BCUT2D eigenvalue weighted by molar-refractivity contribution is 5.68. The lowest BCUT2D eigenvalue weighted by Gasteiger charge is -2.14. The van der Waals surface area contributed by atoms with E-state index >= 15 is 0 Å². The van der Waals surface area contributed by atoms with E-state index in [0.717, 1.165) is 18.7 Å². The van der Waals surface area contributed by atoms with Gasteiger partial charge in [0, 0.05) is 13.6 Å². The summed E-state index contributed by atoms with van der Waals surface area (Å²) in [6, 6.07) is 22.3. The summed E-state index contributed by atoms with van der Waals surface area (Å²) < 4.78 is 0. The summed E-state index contributed by atoms with van der Waals surface area (Å²) in [5, 5.41) is 0. The van der Waals surface area contributed by atoms with Gasteiger partial charge in [-0.1, -0.05) is 68.4 Å². The van der Waals surface area contributed by atoms with Crippen molar-refractivity contribution in [1.29, 1.82) is 0 Å². The number of aliphatic imine (C=N–C) groups is 1. The maximum atomic E-state index is 4.65. The molecular formula is C28H34N2. The molecule has 0 bridgehead atoms. The van der Waals surface area contributed by atoms with Crippen LogP contribution in [0.1, 0.15) is 54.5 Å². The summed E-state index contributed by atoms with van der Waals surface area (Å²) in [5.41, 5.74) is 10.3. The van der Waals surface area contributed by atoms with Crippen molar-refractivity contribution in [2.75, 3.05) is 13.6 Å². The highest BCUT2D eigenvalue weighted by atomic mass is 15.1. The average Bonchev–Trinajstić information content (AvgIpc) is 2.75. The summed E-state index contributed by atoms with van der Waals surface area (Å²) in [6.07, 6.45) is 2.85. The van der Waals surface area contributed by atoms with Crippen LogP contribution in [0.2, 0.25) is 0 Å². The molecule has 0 saturated carbocycles. The second-order valence-corrected chi connectivity index (χ2v) is 8.50. The molecule has 0 aliphatic carbocycles. The first-order chi connectivity index (χ1) is 14.4. The molecule has 0 saturated heterocycles. The zero-order valence-electron chi connectivity index (χ0n) is 19.2. The number of hydrogen-bond acceptors (Lipinski definition) is 1. The van der Waals surface area contributed by atoms with Crippen molar-refractivity contribution in [3.8, 4) is 11.1 Å². The van der Waals surface area contributed by atoms with Gasteiger partial charge in [-0.15, -0.1) is 0 Å². The Morgan fingerprint density at radius 3 is 2.30 bits per heavy atom. The SMILES string of the molecule is CCN(C)/C=N/c1cc(C)c(Cc2ccc(-c3ccccc3C(C)C)cc2)cc1C. The highest BCUT2D eigenvalue weighted by Crippen LogP contribution is 2.30. The molecule has 2 nitrogen and oxygen atoms in total. The fourth-order valence-corrected chi connectivity index (χ4v) is 3.72. The zero-order chi connectivity index (χ0) is 21.7. The van der Waals surface area contributed by atoms with E-state index in [9.17, 15) is 0 Å². The minimum atomic E-state index is 0.518. The Hall–Kier alpha value is -2.87. The molecule has 3 aromatic carbocycles. The van der Waals surface area contributed by atoms with Gasteiger partial charge in [0.25, 0.3) is 0 Å². The van der Waals surface area contributed by atoms with Gasteiger partial charge in [-0.25, -0.2) is 4.99 Å². The molecule has 156 valence electrons. The molecule has 3 rings (SSSR count). The van der Waals surface area contributed by atoms with Crippen molar-refractivity contribution in [3.05, 3.63) is 88.5 Å². The number of hydrogen-bond donors (Lipinski definition) is 0. The van der Waals surface area contributed by atoms with E-state index in [-0.39, 0.29) is 0 Å². The van der Waals surface area contributed by atoms with Crippen molar-refractivity contribution in [3.63, 3.8) is 0 Å². The van der Waals surface area contributed by atoms with Crippen LogP contribution in [0, 0.1) is 13.8 Å². The van der Waals surface area contributed by atoms with Crippen molar-refractivity contribution in [2.24, 2.45) is 4.99 Å². The maximum absolute atomic E-state index is 4.65. The summed E-state index contributed by atoms with van der Waals surface area (Å²) in [7, 11) is 2.04. The van der Waals surface area contributed by atoms with E-state index in [1.54, 1.807) is 0 Å². The van der Waals surface area contributed by atoms with Gasteiger partial charge in [-0.2, -0.15) is 0 Å². The van der Waals surface area contributed by atoms with Crippen LogP contribution in [-0.4, -0.2) is 24.8 Å². The Balaban J connectivity index is 1.81. The summed E-state index contributed by atoms with van der Waals surface area (Å²) >= 11 is 0. The molecule has 0 aliphatic rings. The van der Waals surface area contributed by atoms with Crippen LogP contribution in [0.3, 0.4) is 0 Å². The summed E-state index contributed by atoms with van der Waals surface area (Å²) in [6.45, 7) is 11.9. The van der Waals surface area contributed by atoms with Gasteiger partial charge in [0.1, 0.15) is 0 Å². The van der Waals surface area contributed by atoms with Crippen LogP contribution in [0.25, 0.3) is 11.1 Å². The molecular weight excluding hydrogens is 364 g/mol. The van der Waals surface area contributed by atoms with E-state index in [2.05, 4.69) is 105 Å². The van der Waals surface area contributed by atoms with Gasteiger partial charge in [-0.3, -0.25) is 0 Å². The topological polar surface area (TPSA) is 15.6 Å². The van der Waals surface area contributed by atoms with Crippen molar-refractivity contribution < 1.29 is 0 Å². The zero-order valence-corrected chi connectivity index (χ0v) is 19.2. The van der Waals surface area contributed by atoms with Crippen molar-refractivity contribution in [1.82, 2.24) is 4.90 Å². The molecule has 2 heteroatoms. The first-order valence-electron chi connectivity index (χ1n) is 10.9. The number of rotatable bonds is 7. The Morgan fingerprint density at radius 1 is 0.933 bits per heavy atom. The predicted molar refractivity (Wildman–Crippen MR) is 131 cm³/mol. The first-order valence-corrected chi connectivity index (χ1v) is 10.9. The summed E-state index contributed by atoms with van der Waals surface area (Å²) in [5.74, 6) is 0.518. The first kappa shape index (κ1) is 21.8. The third-order valence-corrected chi connectivity index (χ3v) is 5.79. The van der Waals surface area contributed by atoms with E-state index in [1.807, 2.05) is 13.4 Å². The third-order valence-electron chi connectivity index (χ3n) is 5.79. The molecule has 0 N–H and O–H groups in total. The quantitative estimate of drug-likeness (QED) is 0.301. The second kappa shape index (κ2) is 9.75. The molecule has 0 spiro atoms. The Morgan fingerprint density at radius 2 is 1.63 bits per heavy atom. The van der Waals surface area contributed by atoms with E-state index < -0.39 is 0 Å². The molecule has 0 atom stereocenters. The van der Waals surface area contributed by atoms with E-state index in [1.165, 1.54) is 38.9 Å². The molecule has 0 aromatic heterocycles. The Bertz CT molecular complexity index is 1010. The third kappa shape index (κ3) is 5.18. The number of benzene rings is 3. The molecule has 0 heterocycles. The van der Waals surface area contributed by atoms with Crippen LogP contribution >= 0.6 is 0 Å². The normalized spacial score (nSPS) is 11.4. The van der Waals surface area contributed by atoms with Crippen LogP contribution < -0.4 is 0 Å². The lowest BCUT2D eigenvalue weighted by molar-refractivity contribution is 0.552. The van der Waals surface area contributed by atoms with Gasteiger partial charge in [0.15, 0.2) is 0 Å². The standard InChI is InChI=1S/C28H34N2/c1-7-30(6)19-29-28-17-21(4)25(16-22(28)5)18-23-12-14-24(15-13-23)27-11-9-8-10-26(27)20(2)3/h8-17,19-20H,7,18H2,1-6H3/b29-19+. The van der Waals surface area contributed by atoms with Gasteiger partial charge >= 0.3 is 0 Å². The Labute approximate surface area is 182 Å². The lowest BCUT2D eigenvalue weighted by Crippen LogP contribution is -2.14. The van der Waals surface area contributed by atoms with E-state index in [4.69, 9.17) is 0 Å². The minimum absolute atomic E-state index is 0.518. The lowest BCUT2D eigenvalue weighted by atomic mass is 9.91. The fraction of sp³-hybridized carbons (Fsp3) is 0.321. The minimum Gasteiger partial charge on any atom is -0.366 e. The predicted octanol–water partition coefficient (Wildman–Crippen LogP) is 7.30. The second-order valence-electron chi connectivity index (χ2n) is 8.50. The molecule has 0 aliphatic heterocycles. The highest BCUT2D eigenvalue weighted by Gasteiger charge is 2.09. The molecule has 0 amide bonds. The average molecular weight is 399 g/mol. The Kier molecular flexibility index (Phi) is 7.10. The molecule has 30 heavy (non-hydrogen) atoms. The molecule has 0 radical (unpaired) electrons. The van der Waals surface area contributed by atoms with Gasteiger partial charge in [0.2, 0.25) is 0 Å². The number of aryl methyl sites for hydroxylation is 2. The maximum Gasteiger partial charge on any atom is 0.0909 e.